The number of rotatable bonds is 5. The Bertz CT molecular complexity index is 716. The molecule has 7 heteroatoms. The van der Waals surface area contributed by atoms with E-state index in [1.54, 1.807) is 18.9 Å². The quantitative estimate of drug-likeness (QED) is 0.800. The number of amides is 1. The summed E-state index contributed by atoms with van der Waals surface area (Å²) in [5, 5.41) is 0. The van der Waals surface area contributed by atoms with Crippen LogP contribution in [0.25, 0.3) is 0 Å². The smallest absolute Gasteiger partial charge is 0.257 e. The number of sulfonamides is 1. The fourth-order valence-electron chi connectivity index (χ4n) is 2.97. The van der Waals surface area contributed by atoms with Crippen molar-refractivity contribution in [1.29, 1.82) is 0 Å². The molecule has 1 aliphatic rings. The zero-order valence-electron chi connectivity index (χ0n) is 15.5. The van der Waals surface area contributed by atoms with Crippen LogP contribution in [0.15, 0.2) is 18.2 Å². The van der Waals surface area contributed by atoms with Crippen molar-refractivity contribution >= 4 is 15.9 Å². The maximum atomic E-state index is 12.9. The Hall–Kier alpha value is -1.60. The average Bonchev–Trinajstić information content (AvgIpc) is 2.87. The predicted octanol–water partition coefficient (Wildman–Crippen LogP) is 2.32. The molecule has 0 N–H and O–H groups in total. The monoisotopic (exact) mass is 368 g/mol. The molecule has 0 unspecified atom stereocenters. The molecule has 1 heterocycles. The molecule has 1 aliphatic heterocycles. The molecule has 1 amide bonds. The van der Waals surface area contributed by atoms with Gasteiger partial charge < -0.3 is 9.64 Å². The van der Waals surface area contributed by atoms with Crippen molar-refractivity contribution in [3.63, 3.8) is 0 Å². The minimum absolute atomic E-state index is 0.0887. The molecular formula is C18H28N2O4S. The zero-order chi connectivity index (χ0) is 18.6. The highest BCUT2D eigenvalue weighted by molar-refractivity contribution is 7.89. The van der Waals surface area contributed by atoms with Gasteiger partial charge in [0.25, 0.3) is 5.91 Å². The van der Waals surface area contributed by atoms with E-state index in [1.807, 2.05) is 18.2 Å². The van der Waals surface area contributed by atoms with Gasteiger partial charge in [-0.25, -0.2) is 12.7 Å². The molecular weight excluding hydrogens is 340 g/mol. The molecule has 0 bridgehead atoms. The Kier molecular flexibility index (Phi) is 6.46. The van der Waals surface area contributed by atoms with Crippen molar-refractivity contribution in [1.82, 2.24) is 9.21 Å². The van der Waals surface area contributed by atoms with Gasteiger partial charge in [-0.15, -0.1) is 0 Å². The van der Waals surface area contributed by atoms with Crippen LogP contribution in [-0.4, -0.2) is 62.6 Å². The Morgan fingerprint density at radius 3 is 2.52 bits per heavy atom. The molecule has 1 aromatic carbocycles. The fourth-order valence-corrected chi connectivity index (χ4v) is 4.10. The zero-order valence-corrected chi connectivity index (χ0v) is 16.3. The van der Waals surface area contributed by atoms with Crippen LogP contribution < -0.4 is 4.74 Å². The minimum Gasteiger partial charge on any atom is -0.496 e. The Morgan fingerprint density at radius 2 is 1.92 bits per heavy atom. The van der Waals surface area contributed by atoms with E-state index in [2.05, 4.69) is 13.8 Å². The van der Waals surface area contributed by atoms with Crippen LogP contribution in [-0.2, 0) is 10.0 Å². The van der Waals surface area contributed by atoms with Crippen molar-refractivity contribution in [3.8, 4) is 5.75 Å². The van der Waals surface area contributed by atoms with E-state index in [1.165, 1.54) is 4.31 Å². The summed E-state index contributed by atoms with van der Waals surface area (Å²) >= 11 is 0. The van der Waals surface area contributed by atoms with E-state index in [0.29, 0.717) is 49.8 Å². The van der Waals surface area contributed by atoms with E-state index in [-0.39, 0.29) is 11.7 Å². The van der Waals surface area contributed by atoms with Crippen molar-refractivity contribution in [2.45, 2.75) is 33.1 Å². The number of methoxy groups -OCH3 is 1. The summed E-state index contributed by atoms with van der Waals surface area (Å²) in [6.07, 6.45) is 0.636. The minimum atomic E-state index is -3.22. The lowest BCUT2D eigenvalue weighted by molar-refractivity contribution is 0.0761. The lowest BCUT2D eigenvalue weighted by atomic mass is 10.0. The van der Waals surface area contributed by atoms with Crippen LogP contribution in [0.1, 0.15) is 49.0 Å². The van der Waals surface area contributed by atoms with E-state index in [0.717, 1.165) is 5.56 Å². The standard InChI is InChI=1S/C18H28N2O4S/c1-5-25(22,23)20-10-6-9-19(11-12-20)18(21)16-8-7-15(14(2)3)13-17(16)24-4/h7-8,13-14H,5-6,9-12H2,1-4H3. The number of hydrogen-bond acceptors (Lipinski definition) is 4. The first kappa shape index (κ1) is 19.7. The van der Waals surface area contributed by atoms with E-state index in [9.17, 15) is 13.2 Å². The van der Waals surface area contributed by atoms with Gasteiger partial charge in [0.1, 0.15) is 5.75 Å². The lowest BCUT2D eigenvalue weighted by Gasteiger charge is -2.23. The largest absolute Gasteiger partial charge is 0.496 e. The molecule has 0 atom stereocenters. The normalized spacial score (nSPS) is 16.8. The summed E-state index contributed by atoms with van der Waals surface area (Å²) < 4.78 is 31.0. The number of hydrogen-bond donors (Lipinski definition) is 0. The van der Waals surface area contributed by atoms with E-state index in [4.69, 9.17) is 4.74 Å². The van der Waals surface area contributed by atoms with Crippen LogP contribution in [0.3, 0.4) is 0 Å². The second-order valence-corrected chi connectivity index (χ2v) is 8.82. The molecule has 25 heavy (non-hydrogen) atoms. The summed E-state index contributed by atoms with van der Waals surface area (Å²) in [6.45, 7) is 7.57. The van der Waals surface area contributed by atoms with Gasteiger partial charge in [-0.3, -0.25) is 4.79 Å². The predicted molar refractivity (Wildman–Crippen MR) is 98.6 cm³/mol. The maximum absolute atomic E-state index is 12.9. The molecule has 0 saturated carbocycles. The topological polar surface area (TPSA) is 66.9 Å². The molecule has 0 spiro atoms. The van der Waals surface area contributed by atoms with Crippen molar-refractivity contribution in [2.75, 3.05) is 39.0 Å². The first-order valence-corrected chi connectivity index (χ1v) is 10.4. The molecule has 140 valence electrons. The van der Waals surface area contributed by atoms with Crippen LogP contribution in [0.2, 0.25) is 0 Å². The highest BCUT2D eigenvalue weighted by Crippen LogP contribution is 2.26. The third-order valence-electron chi connectivity index (χ3n) is 4.62. The van der Waals surface area contributed by atoms with Gasteiger partial charge in [-0.05, 0) is 37.0 Å². The Morgan fingerprint density at radius 1 is 1.20 bits per heavy atom. The summed E-state index contributed by atoms with van der Waals surface area (Å²) in [7, 11) is -1.65. The summed E-state index contributed by atoms with van der Waals surface area (Å²) in [6, 6.07) is 5.66. The molecule has 0 aliphatic carbocycles. The van der Waals surface area contributed by atoms with Gasteiger partial charge >= 0.3 is 0 Å². The van der Waals surface area contributed by atoms with Gasteiger partial charge in [0.05, 0.1) is 18.4 Å². The Balaban J connectivity index is 2.18. The molecule has 2 rings (SSSR count). The van der Waals surface area contributed by atoms with Crippen LogP contribution in [0, 0.1) is 0 Å². The summed E-state index contributed by atoms with van der Waals surface area (Å²) in [5.41, 5.74) is 1.64. The van der Waals surface area contributed by atoms with Crippen LogP contribution >= 0.6 is 0 Å². The number of ether oxygens (including phenoxy) is 1. The maximum Gasteiger partial charge on any atom is 0.257 e. The summed E-state index contributed by atoms with van der Waals surface area (Å²) in [5.74, 6) is 0.899. The SMILES string of the molecule is CCS(=O)(=O)N1CCCN(C(=O)c2ccc(C(C)C)cc2OC)CC1. The number of nitrogens with zero attached hydrogens (tertiary/aromatic N) is 2. The van der Waals surface area contributed by atoms with Crippen LogP contribution in [0.5, 0.6) is 5.75 Å². The number of carbonyl (C=O) groups is 1. The van der Waals surface area contributed by atoms with Gasteiger partial charge in [0.15, 0.2) is 0 Å². The van der Waals surface area contributed by atoms with Crippen molar-refractivity contribution in [2.24, 2.45) is 0 Å². The van der Waals surface area contributed by atoms with Gasteiger partial charge in [-0.2, -0.15) is 0 Å². The molecule has 1 saturated heterocycles. The molecule has 0 radical (unpaired) electrons. The fraction of sp³-hybridized carbons (Fsp3) is 0.611. The third-order valence-corrected chi connectivity index (χ3v) is 6.50. The first-order chi connectivity index (χ1) is 11.8. The molecule has 6 nitrogen and oxygen atoms in total. The Labute approximate surface area is 150 Å². The van der Waals surface area contributed by atoms with Crippen LogP contribution in [0.4, 0.5) is 0 Å². The van der Waals surface area contributed by atoms with Gasteiger partial charge in [0, 0.05) is 26.2 Å². The highest BCUT2D eigenvalue weighted by atomic mass is 32.2. The molecule has 1 fully saturated rings. The van der Waals surface area contributed by atoms with Gasteiger partial charge in [-0.1, -0.05) is 19.9 Å². The number of benzene rings is 1. The highest BCUT2D eigenvalue weighted by Gasteiger charge is 2.27. The third kappa shape index (κ3) is 4.52. The summed E-state index contributed by atoms with van der Waals surface area (Å²) in [4.78, 5) is 14.6. The van der Waals surface area contributed by atoms with Gasteiger partial charge in [0.2, 0.25) is 10.0 Å². The number of carbonyl (C=O) groups excluding carboxylic acids is 1. The van der Waals surface area contributed by atoms with E-state index >= 15 is 0 Å². The molecule has 1 aromatic rings. The van der Waals surface area contributed by atoms with Crippen molar-refractivity contribution < 1.29 is 17.9 Å². The molecule has 0 aromatic heterocycles. The van der Waals surface area contributed by atoms with Crippen molar-refractivity contribution in [3.05, 3.63) is 29.3 Å². The second-order valence-electron chi connectivity index (χ2n) is 6.56. The average molecular weight is 368 g/mol. The van der Waals surface area contributed by atoms with E-state index < -0.39 is 10.0 Å². The first-order valence-electron chi connectivity index (χ1n) is 8.75. The lowest BCUT2D eigenvalue weighted by Crippen LogP contribution is -2.38. The second kappa shape index (κ2) is 8.19.